The minimum atomic E-state index is -0.376. The second kappa shape index (κ2) is 7.80. The monoisotopic (exact) mass is 323 g/mol. The Morgan fingerprint density at radius 3 is 2.35 bits per heavy atom. The van der Waals surface area contributed by atoms with Gasteiger partial charge in [-0.05, 0) is 39.8 Å². The van der Waals surface area contributed by atoms with E-state index in [-0.39, 0.29) is 42.1 Å². The van der Waals surface area contributed by atoms with Crippen molar-refractivity contribution in [1.29, 1.82) is 0 Å². The van der Waals surface area contributed by atoms with Crippen molar-refractivity contribution in [3.05, 3.63) is 24.2 Å². The Morgan fingerprint density at radius 2 is 1.87 bits per heavy atom. The lowest BCUT2D eigenvalue weighted by Crippen LogP contribution is -2.49. The summed E-state index contributed by atoms with van der Waals surface area (Å²) in [4.78, 5) is 38.9. The van der Waals surface area contributed by atoms with E-state index in [0.717, 1.165) is 0 Å². The predicted molar refractivity (Wildman–Crippen MR) is 85.8 cm³/mol. The molecule has 0 spiro atoms. The molecule has 0 unspecified atom stereocenters. The van der Waals surface area contributed by atoms with E-state index in [1.165, 1.54) is 29.2 Å². The summed E-state index contributed by atoms with van der Waals surface area (Å²) in [7, 11) is 1.52. The van der Waals surface area contributed by atoms with Crippen molar-refractivity contribution in [1.82, 2.24) is 15.1 Å². The first-order valence-electron chi connectivity index (χ1n) is 7.51. The van der Waals surface area contributed by atoms with Crippen molar-refractivity contribution in [2.75, 3.05) is 26.7 Å². The summed E-state index contributed by atoms with van der Waals surface area (Å²) in [6.45, 7) is 7.65. The number of hydrogen-bond donors (Lipinski definition) is 1. The first kappa shape index (κ1) is 18.7. The Hall–Kier alpha value is -2.31. The molecule has 0 aliphatic heterocycles. The molecule has 1 aromatic heterocycles. The lowest BCUT2D eigenvalue weighted by atomic mass is 10.1. The molecule has 0 aromatic carbocycles. The average Bonchev–Trinajstić information content (AvgIpc) is 2.95. The van der Waals surface area contributed by atoms with Crippen LogP contribution in [-0.2, 0) is 9.59 Å². The summed E-state index contributed by atoms with van der Waals surface area (Å²) < 4.78 is 5.02. The normalized spacial score (nSPS) is 11.0. The summed E-state index contributed by atoms with van der Waals surface area (Å²) in [5.74, 6) is -0.723. The minimum absolute atomic E-state index is 0.0324. The van der Waals surface area contributed by atoms with Gasteiger partial charge in [0.15, 0.2) is 5.76 Å². The van der Waals surface area contributed by atoms with Crippen molar-refractivity contribution in [2.24, 2.45) is 0 Å². The maximum atomic E-state index is 12.3. The molecule has 0 saturated carbocycles. The van der Waals surface area contributed by atoms with Gasteiger partial charge in [0.25, 0.3) is 5.91 Å². The van der Waals surface area contributed by atoms with Gasteiger partial charge in [-0.15, -0.1) is 0 Å². The third-order valence-corrected chi connectivity index (χ3v) is 3.03. The van der Waals surface area contributed by atoms with Gasteiger partial charge in [-0.3, -0.25) is 14.4 Å². The zero-order valence-electron chi connectivity index (χ0n) is 14.4. The van der Waals surface area contributed by atoms with Gasteiger partial charge in [0.05, 0.1) is 19.4 Å². The van der Waals surface area contributed by atoms with Crippen LogP contribution < -0.4 is 5.32 Å². The molecule has 7 nitrogen and oxygen atoms in total. The van der Waals surface area contributed by atoms with Crippen LogP contribution in [0.5, 0.6) is 0 Å². The molecule has 0 aliphatic carbocycles. The van der Waals surface area contributed by atoms with Crippen LogP contribution in [0.15, 0.2) is 22.8 Å². The Kier molecular flexibility index (Phi) is 6.36. The van der Waals surface area contributed by atoms with Gasteiger partial charge in [-0.25, -0.2) is 0 Å². The highest BCUT2D eigenvalue weighted by atomic mass is 16.3. The Bertz CT molecular complexity index is 546. The highest BCUT2D eigenvalue weighted by Gasteiger charge is 2.23. The van der Waals surface area contributed by atoms with E-state index in [4.69, 9.17) is 4.42 Å². The number of carbonyl (C=O) groups excluding carboxylic acids is 3. The van der Waals surface area contributed by atoms with E-state index < -0.39 is 0 Å². The smallest absolute Gasteiger partial charge is 0.289 e. The average molecular weight is 323 g/mol. The third-order valence-electron chi connectivity index (χ3n) is 3.03. The van der Waals surface area contributed by atoms with Gasteiger partial charge in [-0.2, -0.15) is 0 Å². The molecule has 0 bridgehead atoms. The number of nitrogens with zero attached hydrogens (tertiary/aromatic N) is 2. The van der Waals surface area contributed by atoms with Crippen molar-refractivity contribution >= 4 is 17.7 Å². The standard InChI is InChI=1S/C16H25N3O4/c1-6-19(10-13(20)17-16(2,3)4)14(21)11-18(5)15(22)12-8-7-9-23-12/h7-9H,6,10-11H2,1-5H3,(H,17,20). The Morgan fingerprint density at radius 1 is 1.22 bits per heavy atom. The second-order valence-corrected chi connectivity index (χ2v) is 6.34. The summed E-state index contributed by atoms with van der Waals surface area (Å²) in [6.07, 6.45) is 1.40. The van der Waals surface area contributed by atoms with Crippen LogP contribution in [0, 0.1) is 0 Å². The maximum absolute atomic E-state index is 12.3. The number of carbonyl (C=O) groups is 3. The van der Waals surface area contributed by atoms with Gasteiger partial charge in [0, 0.05) is 19.1 Å². The molecule has 0 atom stereocenters. The molecular formula is C16H25N3O4. The second-order valence-electron chi connectivity index (χ2n) is 6.34. The molecule has 128 valence electrons. The number of likely N-dealkylation sites (N-methyl/N-ethyl adjacent to an activating group) is 2. The lowest BCUT2D eigenvalue weighted by Gasteiger charge is -2.26. The zero-order valence-corrected chi connectivity index (χ0v) is 14.4. The molecule has 1 heterocycles. The van der Waals surface area contributed by atoms with Gasteiger partial charge in [0.2, 0.25) is 11.8 Å². The number of nitrogens with one attached hydrogen (secondary N) is 1. The number of furan rings is 1. The first-order chi connectivity index (χ1) is 10.6. The lowest BCUT2D eigenvalue weighted by molar-refractivity contribution is -0.136. The van der Waals surface area contributed by atoms with Crippen LogP contribution >= 0.6 is 0 Å². The maximum Gasteiger partial charge on any atom is 0.289 e. The van der Waals surface area contributed by atoms with E-state index in [1.54, 1.807) is 13.0 Å². The minimum Gasteiger partial charge on any atom is -0.459 e. The molecular weight excluding hydrogens is 298 g/mol. The molecule has 1 aromatic rings. The van der Waals surface area contributed by atoms with Crippen molar-refractivity contribution < 1.29 is 18.8 Å². The molecule has 1 N–H and O–H groups in total. The summed E-state index contributed by atoms with van der Waals surface area (Å²) in [5, 5.41) is 2.81. The van der Waals surface area contributed by atoms with Crippen LogP contribution in [0.4, 0.5) is 0 Å². The SMILES string of the molecule is CCN(CC(=O)NC(C)(C)C)C(=O)CN(C)C(=O)c1ccco1. The largest absolute Gasteiger partial charge is 0.459 e. The van der Waals surface area contributed by atoms with E-state index in [9.17, 15) is 14.4 Å². The van der Waals surface area contributed by atoms with Crippen LogP contribution in [0.25, 0.3) is 0 Å². The molecule has 0 radical (unpaired) electrons. The first-order valence-corrected chi connectivity index (χ1v) is 7.51. The summed E-state index contributed by atoms with van der Waals surface area (Å²) in [5.41, 5.74) is -0.356. The molecule has 0 aliphatic rings. The number of hydrogen-bond acceptors (Lipinski definition) is 4. The molecule has 7 heteroatoms. The van der Waals surface area contributed by atoms with Crippen molar-refractivity contribution in [2.45, 2.75) is 33.2 Å². The Labute approximate surface area is 136 Å². The molecule has 3 amide bonds. The van der Waals surface area contributed by atoms with E-state index >= 15 is 0 Å². The van der Waals surface area contributed by atoms with Crippen molar-refractivity contribution in [3.63, 3.8) is 0 Å². The topological polar surface area (TPSA) is 82.9 Å². The van der Waals surface area contributed by atoms with Crippen LogP contribution in [-0.4, -0.2) is 59.7 Å². The molecule has 0 fully saturated rings. The third kappa shape index (κ3) is 6.14. The van der Waals surface area contributed by atoms with Crippen LogP contribution in [0.1, 0.15) is 38.2 Å². The highest BCUT2D eigenvalue weighted by molar-refractivity contribution is 5.94. The fourth-order valence-corrected chi connectivity index (χ4v) is 1.97. The number of rotatable bonds is 6. The van der Waals surface area contributed by atoms with Gasteiger partial charge in [0.1, 0.15) is 0 Å². The highest BCUT2D eigenvalue weighted by Crippen LogP contribution is 2.05. The van der Waals surface area contributed by atoms with Gasteiger partial charge < -0.3 is 19.5 Å². The fourth-order valence-electron chi connectivity index (χ4n) is 1.97. The zero-order chi connectivity index (χ0) is 17.6. The summed E-state index contributed by atoms with van der Waals surface area (Å²) >= 11 is 0. The summed E-state index contributed by atoms with van der Waals surface area (Å²) in [6, 6.07) is 3.15. The molecule has 0 saturated heterocycles. The molecule has 1 rings (SSSR count). The Balaban J connectivity index is 2.59. The van der Waals surface area contributed by atoms with Crippen LogP contribution in [0.2, 0.25) is 0 Å². The quantitative estimate of drug-likeness (QED) is 0.850. The van der Waals surface area contributed by atoms with Crippen LogP contribution in [0.3, 0.4) is 0 Å². The van der Waals surface area contributed by atoms with Gasteiger partial charge in [-0.1, -0.05) is 0 Å². The van der Waals surface area contributed by atoms with E-state index in [1.807, 2.05) is 20.8 Å². The van der Waals surface area contributed by atoms with Crippen molar-refractivity contribution in [3.8, 4) is 0 Å². The molecule has 23 heavy (non-hydrogen) atoms. The van der Waals surface area contributed by atoms with E-state index in [2.05, 4.69) is 5.32 Å². The number of amides is 3. The van der Waals surface area contributed by atoms with Gasteiger partial charge >= 0.3 is 0 Å². The predicted octanol–water partition coefficient (Wildman–Crippen LogP) is 1.11. The van der Waals surface area contributed by atoms with E-state index in [0.29, 0.717) is 6.54 Å². The fraction of sp³-hybridized carbons (Fsp3) is 0.562.